The number of pyridine rings is 1. The van der Waals surface area contributed by atoms with Crippen LogP contribution in [0.4, 0.5) is 14.5 Å². The van der Waals surface area contributed by atoms with Crippen molar-refractivity contribution < 1.29 is 13.6 Å². The normalized spacial score (nSPS) is 12.6. The van der Waals surface area contributed by atoms with Gasteiger partial charge in [-0.3, -0.25) is 9.78 Å². The van der Waals surface area contributed by atoms with Crippen molar-refractivity contribution in [2.75, 3.05) is 5.32 Å². The molecule has 1 unspecified atom stereocenters. The zero-order valence-corrected chi connectivity index (χ0v) is 9.71. The van der Waals surface area contributed by atoms with Crippen LogP contribution in [0.1, 0.15) is 17.8 Å². The summed E-state index contributed by atoms with van der Waals surface area (Å²) in [5.41, 5.74) is 7.27. The molecule has 1 heterocycles. The van der Waals surface area contributed by atoms with Crippen molar-refractivity contribution >= 4 is 11.6 Å². The van der Waals surface area contributed by atoms with E-state index < -0.39 is 24.8 Å². The first-order valence-corrected chi connectivity index (χ1v) is 5.19. The summed E-state index contributed by atoms with van der Waals surface area (Å²) in [5.74, 6) is -0.626. The van der Waals surface area contributed by atoms with E-state index in [0.717, 1.165) is 5.69 Å². The number of nitrogens with one attached hydrogen (secondary N) is 1. The number of carbonyl (C=O) groups excluding carboxylic acids is 1. The fourth-order valence-electron chi connectivity index (χ4n) is 1.34. The molecular weight excluding hydrogens is 228 g/mol. The summed E-state index contributed by atoms with van der Waals surface area (Å²) in [6.07, 6.45) is -3.24. The highest BCUT2D eigenvalue weighted by Gasteiger charge is 2.19. The Labute approximate surface area is 98.2 Å². The molecule has 1 aromatic rings. The number of nitrogens with two attached hydrogens (primary N) is 1. The van der Waals surface area contributed by atoms with Crippen molar-refractivity contribution in [2.24, 2.45) is 5.73 Å². The van der Waals surface area contributed by atoms with Gasteiger partial charge in [-0.25, -0.2) is 8.78 Å². The quantitative estimate of drug-likeness (QED) is 0.844. The summed E-state index contributed by atoms with van der Waals surface area (Å²) >= 11 is 0. The van der Waals surface area contributed by atoms with Gasteiger partial charge in [-0.05, 0) is 26.0 Å². The van der Waals surface area contributed by atoms with E-state index in [1.165, 1.54) is 0 Å². The van der Waals surface area contributed by atoms with Crippen LogP contribution in [-0.2, 0) is 4.79 Å². The van der Waals surface area contributed by atoms with Gasteiger partial charge in [-0.15, -0.1) is 0 Å². The number of rotatable bonds is 4. The van der Waals surface area contributed by atoms with E-state index in [0.29, 0.717) is 11.4 Å². The van der Waals surface area contributed by atoms with Crippen LogP contribution in [0, 0.1) is 13.8 Å². The molecule has 0 aliphatic heterocycles. The molecule has 4 nitrogen and oxygen atoms in total. The predicted molar refractivity (Wildman–Crippen MR) is 60.9 cm³/mol. The molecule has 0 aromatic carbocycles. The summed E-state index contributed by atoms with van der Waals surface area (Å²) in [6, 6.07) is 2.18. The molecule has 0 fully saturated rings. The number of anilines is 1. The summed E-state index contributed by atoms with van der Waals surface area (Å²) in [7, 11) is 0. The zero-order chi connectivity index (χ0) is 13.0. The second-order valence-electron chi connectivity index (χ2n) is 3.81. The van der Waals surface area contributed by atoms with Gasteiger partial charge in [-0.1, -0.05) is 0 Å². The molecule has 3 N–H and O–H groups in total. The standard InChI is InChI=1S/C11H15F2N3O/c1-6-3-4-9(7(2)15-6)16-11(17)8(14)5-10(12)13/h3-4,8,10H,5,14H2,1-2H3,(H,16,17). The van der Waals surface area contributed by atoms with Gasteiger partial charge in [0, 0.05) is 12.1 Å². The van der Waals surface area contributed by atoms with Crippen LogP contribution in [0.2, 0.25) is 0 Å². The Morgan fingerprint density at radius 3 is 2.65 bits per heavy atom. The molecule has 1 atom stereocenters. The number of alkyl halides is 2. The molecule has 6 heteroatoms. The highest BCUT2D eigenvalue weighted by Crippen LogP contribution is 2.13. The first-order valence-electron chi connectivity index (χ1n) is 5.19. The zero-order valence-electron chi connectivity index (χ0n) is 9.71. The van der Waals surface area contributed by atoms with Crippen LogP contribution in [0.15, 0.2) is 12.1 Å². The van der Waals surface area contributed by atoms with Crippen molar-refractivity contribution in [3.8, 4) is 0 Å². The maximum atomic E-state index is 12.0. The van der Waals surface area contributed by atoms with Gasteiger partial charge in [0.15, 0.2) is 0 Å². The van der Waals surface area contributed by atoms with E-state index in [2.05, 4.69) is 10.3 Å². The molecule has 0 aliphatic carbocycles. The Kier molecular flexibility index (Phi) is 4.51. The first-order chi connectivity index (χ1) is 7.90. The summed E-state index contributed by atoms with van der Waals surface area (Å²) in [4.78, 5) is 15.6. The largest absolute Gasteiger partial charge is 0.323 e. The lowest BCUT2D eigenvalue weighted by Crippen LogP contribution is -2.37. The Balaban J connectivity index is 2.67. The molecule has 17 heavy (non-hydrogen) atoms. The van der Waals surface area contributed by atoms with Crippen LogP contribution >= 0.6 is 0 Å². The summed E-state index contributed by atoms with van der Waals surface area (Å²) in [6.45, 7) is 3.54. The minimum absolute atomic E-state index is 0.491. The van der Waals surface area contributed by atoms with Gasteiger partial charge in [0.05, 0.1) is 17.4 Å². The highest BCUT2D eigenvalue weighted by molar-refractivity contribution is 5.95. The third-order valence-electron chi connectivity index (χ3n) is 2.25. The average Bonchev–Trinajstić information content (AvgIpc) is 2.21. The lowest BCUT2D eigenvalue weighted by molar-refractivity contribution is -0.118. The number of amides is 1. The van der Waals surface area contributed by atoms with E-state index >= 15 is 0 Å². The average molecular weight is 243 g/mol. The number of aromatic nitrogens is 1. The van der Waals surface area contributed by atoms with Gasteiger partial charge in [0.1, 0.15) is 0 Å². The minimum Gasteiger partial charge on any atom is -0.323 e. The van der Waals surface area contributed by atoms with Crippen molar-refractivity contribution in [3.05, 3.63) is 23.5 Å². The fourth-order valence-corrected chi connectivity index (χ4v) is 1.34. The molecule has 1 aromatic heterocycles. The Morgan fingerprint density at radius 1 is 1.47 bits per heavy atom. The minimum atomic E-state index is -2.59. The number of hydrogen-bond acceptors (Lipinski definition) is 3. The highest BCUT2D eigenvalue weighted by atomic mass is 19.3. The number of aryl methyl sites for hydroxylation is 2. The number of nitrogens with zero attached hydrogens (tertiary/aromatic N) is 1. The maximum Gasteiger partial charge on any atom is 0.241 e. The molecule has 0 bridgehead atoms. The fraction of sp³-hybridized carbons (Fsp3) is 0.455. The summed E-state index contributed by atoms with van der Waals surface area (Å²) < 4.78 is 24.1. The van der Waals surface area contributed by atoms with Gasteiger partial charge in [-0.2, -0.15) is 0 Å². The van der Waals surface area contributed by atoms with Gasteiger partial charge < -0.3 is 11.1 Å². The molecular formula is C11H15F2N3O. The van der Waals surface area contributed by atoms with Crippen molar-refractivity contribution in [2.45, 2.75) is 32.7 Å². The molecule has 0 spiro atoms. The lowest BCUT2D eigenvalue weighted by Gasteiger charge is -2.13. The number of hydrogen-bond donors (Lipinski definition) is 2. The SMILES string of the molecule is Cc1ccc(NC(=O)C(N)CC(F)F)c(C)n1. The van der Waals surface area contributed by atoms with Crippen LogP contribution in [0.25, 0.3) is 0 Å². The molecule has 1 rings (SSSR count). The van der Waals surface area contributed by atoms with Crippen molar-refractivity contribution in [1.29, 1.82) is 0 Å². The van der Waals surface area contributed by atoms with E-state index in [9.17, 15) is 13.6 Å². The molecule has 0 aliphatic rings. The van der Waals surface area contributed by atoms with Crippen molar-refractivity contribution in [1.82, 2.24) is 4.98 Å². The molecule has 94 valence electrons. The Morgan fingerprint density at radius 2 is 2.12 bits per heavy atom. The number of halogens is 2. The first kappa shape index (κ1) is 13.5. The topological polar surface area (TPSA) is 68.0 Å². The summed E-state index contributed by atoms with van der Waals surface area (Å²) in [5, 5.41) is 2.48. The Bertz CT molecular complexity index is 410. The monoisotopic (exact) mass is 243 g/mol. The third kappa shape index (κ3) is 4.07. The van der Waals surface area contributed by atoms with Crippen LogP contribution in [0.3, 0.4) is 0 Å². The lowest BCUT2D eigenvalue weighted by atomic mass is 10.2. The van der Waals surface area contributed by atoms with E-state index in [-0.39, 0.29) is 0 Å². The van der Waals surface area contributed by atoms with E-state index in [1.807, 2.05) is 6.92 Å². The van der Waals surface area contributed by atoms with Crippen LogP contribution in [-0.4, -0.2) is 23.4 Å². The van der Waals surface area contributed by atoms with Gasteiger partial charge >= 0.3 is 0 Å². The second-order valence-corrected chi connectivity index (χ2v) is 3.81. The Hall–Kier alpha value is -1.56. The van der Waals surface area contributed by atoms with E-state index in [4.69, 9.17) is 5.73 Å². The van der Waals surface area contributed by atoms with Crippen molar-refractivity contribution in [3.63, 3.8) is 0 Å². The number of carbonyl (C=O) groups is 1. The van der Waals surface area contributed by atoms with Crippen LogP contribution in [0.5, 0.6) is 0 Å². The van der Waals surface area contributed by atoms with Crippen LogP contribution < -0.4 is 11.1 Å². The molecule has 0 saturated heterocycles. The van der Waals surface area contributed by atoms with E-state index in [1.54, 1.807) is 19.1 Å². The predicted octanol–water partition coefficient (Wildman–Crippen LogP) is 1.62. The van der Waals surface area contributed by atoms with Gasteiger partial charge in [0.25, 0.3) is 0 Å². The maximum absolute atomic E-state index is 12.0. The third-order valence-corrected chi connectivity index (χ3v) is 2.25. The second kappa shape index (κ2) is 5.67. The molecule has 0 radical (unpaired) electrons. The van der Waals surface area contributed by atoms with Gasteiger partial charge in [0.2, 0.25) is 12.3 Å². The molecule has 0 saturated carbocycles. The smallest absolute Gasteiger partial charge is 0.241 e. The molecule has 1 amide bonds.